The second kappa shape index (κ2) is 1.70. The number of aromatic nitrogens is 1. The zero-order valence-corrected chi connectivity index (χ0v) is 5.82. The Balaban J connectivity index is 2.28. The maximum atomic E-state index is 5.44. The van der Waals surface area contributed by atoms with Gasteiger partial charge < -0.3 is 5.73 Å². The molecular formula is C6H8N2S. The summed E-state index contributed by atoms with van der Waals surface area (Å²) < 4.78 is 0. The van der Waals surface area contributed by atoms with Crippen molar-refractivity contribution < 1.29 is 0 Å². The predicted molar refractivity (Wildman–Crippen MR) is 38.5 cm³/mol. The van der Waals surface area contributed by atoms with E-state index in [1.807, 2.05) is 5.38 Å². The highest BCUT2D eigenvalue weighted by molar-refractivity contribution is 7.10. The normalized spacial score (nSPS) is 18.2. The molecule has 1 aromatic heterocycles. The highest BCUT2D eigenvalue weighted by Crippen LogP contribution is 2.41. The van der Waals surface area contributed by atoms with Crippen molar-refractivity contribution in [2.45, 2.75) is 18.8 Å². The molecule has 0 radical (unpaired) electrons. The van der Waals surface area contributed by atoms with Gasteiger partial charge in [0, 0.05) is 11.3 Å². The van der Waals surface area contributed by atoms with E-state index in [1.165, 1.54) is 17.8 Å². The van der Waals surface area contributed by atoms with Gasteiger partial charge in [-0.05, 0) is 12.8 Å². The second-order valence-corrected chi connectivity index (χ2v) is 3.27. The molecule has 0 amide bonds. The van der Waals surface area contributed by atoms with E-state index >= 15 is 0 Å². The first-order chi connectivity index (χ1) is 4.36. The molecule has 9 heavy (non-hydrogen) atoms. The molecule has 2 nitrogen and oxygen atoms in total. The monoisotopic (exact) mass is 140 g/mol. The van der Waals surface area contributed by atoms with E-state index in [9.17, 15) is 0 Å². The zero-order chi connectivity index (χ0) is 6.27. The van der Waals surface area contributed by atoms with Gasteiger partial charge in [-0.15, -0.1) is 11.3 Å². The van der Waals surface area contributed by atoms with E-state index in [4.69, 9.17) is 5.73 Å². The highest BCUT2D eigenvalue weighted by Gasteiger charge is 2.26. The third-order valence-electron chi connectivity index (χ3n) is 1.47. The number of rotatable bonds is 1. The summed E-state index contributed by atoms with van der Waals surface area (Å²) in [4.78, 5) is 4.17. The van der Waals surface area contributed by atoms with Gasteiger partial charge in [0.05, 0.1) is 5.01 Å². The molecule has 2 rings (SSSR count). The van der Waals surface area contributed by atoms with Crippen molar-refractivity contribution in [3.8, 4) is 0 Å². The molecule has 0 aliphatic heterocycles. The summed E-state index contributed by atoms with van der Waals surface area (Å²) in [5, 5.41) is 3.14. The molecule has 48 valence electrons. The molecule has 1 aromatic rings. The van der Waals surface area contributed by atoms with Gasteiger partial charge in [-0.1, -0.05) is 0 Å². The van der Waals surface area contributed by atoms with Gasteiger partial charge in [0.15, 0.2) is 0 Å². The second-order valence-electron chi connectivity index (χ2n) is 2.38. The van der Waals surface area contributed by atoms with E-state index in [2.05, 4.69) is 4.98 Å². The minimum Gasteiger partial charge on any atom is -0.383 e. The minimum absolute atomic E-state index is 0.682. The Morgan fingerprint density at radius 1 is 1.67 bits per heavy atom. The van der Waals surface area contributed by atoms with Crippen molar-refractivity contribution in [1.29, 1.82) is 0 Å². The average molecular weight is 140 g/mol. The molecule has 2 N–H and O–H groups in total. The molecule has 1 fully saturated rings. The number of hydrogen-bond acceptors (Lipinski definition) is 3. The Morgan fingerprint density at radius 3 is 2.89 bits per heavy atom. The first-order valence-electron chi connectivity index (χ1n) is 3.07. The van der Waals surface area contributed by atoms with E-state index in [1.54, 1.807) is 11.3 Å². The Labute approximate surface area is 57.7 Å². The van der Waals surface area contributed by atoms with Gasteiger partial charge in [-0.3, -0.25) is 0 Å². The molecule has 1 aliphatic rings. The lowest BCUT2D eigenvalue weighted by molar-refractivity contribution is 1.09. The fourth-order valence-electron chi connectivity index (χ4n) is 0.818. The van der Waals surface area contributed by atoms with Crippen molar-refractivity contribution in [2.75, 3.05) is 5.73 Å². The lowest BCUT2D eigenvalue weighted by Crippen LogP contribution is -1.83. The van der Waals surface area contributed by atoms with Crippen molar-refractivity contribution in [3.63, 3.8) is 0 Å². The largest absolute Gasteiger partial charge is 0.383 e. The summed E-state index contributed by atoms with van der Waals surface area (Å²) in [6.07, 6.45) is 2.62. The standard InChI is InChI=1S/C6H8N2S/c7-5-3-9-6(8-5)4-1-2-4/h3-4H,1-2,7H2. The maximum Gasteiger partial charge on any atom is 0.134 e. The number of thiazole rings is 1. The van der Waals surface area contributed by atoms with Crippen LogP contribution in [0.3, 0.4) is 0 Å². The fourth-order valence-corrected chi connectivity index (χ4v) is 1.70. The molecule has 0 spiro atoms. The predicted octanol–water partition coefficient (Wildman–Crippen LogP) is 1.60. The van der Waals surface area contributed by atoms with Crippen LogP contribution in [0.2, 0.25) is 0 Å². The van der Waals surface area contributed by atoms with Crippen molar-refractivity contribution in [2.24, 2.45) is 0 Å². The Bertz CT molecular complexity index is 215. The zero-order valence-electron chi connectivity index (χ0n) is 5.00. The summed E-state index contributed by atoms with van der Waals surface area (Å²) in [5.74, 6) is 1.44. The Hall–Kier alpha value is -0.570. The molecule has 0 bridgehead atoms. The maximum absolute atomic E-state index is 5.44. The van der Waals surface area contributed by atoms with Gasteiger partial charge >= 0.3 is 0 Å². The van der Waals surface area contributed by atoms with Crippen LogP contribution >= 0.6 is 11.3 Å². The average Bonchev–Trinajstić information content (AvgIpc) is 2.58. The van der Waals surface area contributed by atoms with Crippen LogP contribution in [0.4, 0.5) is 5.82 Å². The topological polar surface area (TPSA) is 38.9 Å². The van der Waals surface area contributed by atoms with Crippen molar-refractivity contribution >= 4 is 17.2 Å². The summed E-state index contributed by atoms with van der Waals surface area (Å²) >= 11 is 1.68. The van der Waals surface area contributed by atoms with Crippen LogP contribution < -0.4 is 5.73 Å². The number of nitrogen functional groups attached to an aromatic ring is 1. The summed E-state index contributed by atoms with van der Waals surface area (Å²) in [6, 6.07) is 0. The van der Waals surface area contributed by atoms with Crippen molar-refractivity contribution in [3.05, 3.63) is 10.4 Å². The van der Waals surface area contributed by atoms with Crippen LogP contribution in [0.25, 0.3) is 0 Å². The smallest absolute Gasteiger partial charge is 0.134 e. The van der Waals surface area contributed by atoms with Crippen LogP contribution in [0, 0.1) is 0 Å². The molecule has 0 saturated heterocycles. The fraction of sp³-hybridized carbons (Fsp3) is 0.500. The third kappa shape index (κ3) is 0.920. The molecule has 0 atom stereocenters. The summed E-state index contributed by atoms with van der Waals surface area (Å²) in [6.45, 7) is 0. The van der Waals surface area contributed by atoms with Gasteiger partial charge in [0.1, 0.15) is 5.82 Å². The molecule has 1 aliphatic carbocycles. The van der Waals surface area contributed by atoms with Gasteiger partial charge in [0.2, 0.25) is 0 Å². The van der Waals surface area contributed by atoms with Gasteiger partial charge in [-0.25, -0.2) is 4.98 Å². The summed E-state index contributed by atoms with van der Waals surface area (Å²) in [7, 11) is 0. The van der Waals surface area contributed by atoms with E-state index in [0.29, 0.717) is 5.82 Å². The van der Waals surface area contributed by atoms with Crippen LogP contribution in [-0.4, -0.2) is 4.98 Å². The lowest BCUT2D eigenvalue weighted by atomic mass is 10.5. The quantitative estimate of drug-likeness (QED) is 0.643. The minimum atomic E-state index is 0.682. The van der Waals surface area contributed by atoms with E-state index in [0.717, 1.165) is 5.92 Å². The molecule has 1 heterocycles. The summed E-state index contributed by atoms with van der Waals surface area (Å²) in [5.41, 5.74) is 5.44. The van der Waals surface area contributed by atoms with Crippen LogP contribution in [0.1, 0.15) is 23.8 Å². The molecule has 3 heteroatoms. The number of nitrogens with two attached hydrogens (primary N) is 1. The molecule has 1 saturated carbocycles. The highest BCUT2D eigenvalue weighted by atomic mass is 32.1. The van der Waals surface area contributed by atoms with Crippen molar-refractivity contribution in [1.82, 2.24) is 4.98 Å². The molecule has 0 unspecified atom stereocenters. The number of hydrogen-bond donors (Lipinski definition) is 1. The molecular weight excluding hydrogens is 132 g/mol. The Kier molecular flexibility index (Phi) is 0.990. The van der Waals surface area contributed by atoms with Crippen LogP contribution in [0.15, 0.2) is 5.38 Å². The lowest BCUT2D eigenvalue weighted by Gasteiger charge is -1.82. The van der Waals surface area contributed by atoms with E-state index < -0.39 is 0 Å². The van der Waals surface area contributed by atoms with Gasteiger partial charge in [-0.2, -0.15) is 0 Å². The molecule has 0 aromatic carbocycles. The third-order valence-corrected chi connectivity index (χ3v) is 2.49. The van der Waals surface area contributed by atoms with Crippen LogP contribution in [-0.2, 0) is 0 Å². The van der Waals surface area contributed by atoms with Gasteiger partial charge in [0.25, 0.3) is 0 Å². The van der Waals surface area contributed by atoms with E-state index in [-0.39, 0.29) is 0 Å². The number of anilines is 1. The Morgan fingerprint density at radius 2 is 2.44 bits per heavy atom. The first kappa shape index (κ1) is 5.23. The first-order valence-corrected chi connectivity index (χ1v) is 3.95. The number of nitrogens with zero attached hydrogens (tertiary/aromatic N) is 1. The van der Waals surface area contributed by atoms with Crippen LogP contribution in [0.5, 0.6) is 0 Å². The SMILES string of the molecule is Nc1csc(C2CC2)n1.